The van der Waals surface area contributed by atoms with E-state index in [1.54, 1.807) is 0 Å². The third-order valence-corrected chi connectivity index (χ3v) is 5.20. The van der Waals surface area contributed by atoms with E-state index < -0.39 is 0 Å². The maximum absolute atomic E-state index is 3.71. The van der Waals surface area contributed by atoms with E-state index in [0.29, 0.717) is 11.8 Å². The van der Waals surface area contributed by atoms with Crippen LogP contribution < -0.4 is 10.4 Å². The third kappa shape index (κ3) is 2.72. The molecule has 2 aromatic carbocycles. The summed E-state index contributed by atoms with van der Waals surface area (Å²) >= 11 is 3.71. The summed E-state index contributed by atoms with van der Waals surface area (Å²) in [5.74, 6) is 1.09. The van der Waals surface area contributed by atoms with Crippen molar-refractivity contribution in [2.24, 2.45) is 0 Å². The molecule has 0 heterocycles. The van der Waals surface area contributed by atoms with Gasteiger partial charge >= 0.3 is 0 Å². The van der Waals surface area contributed by atoms with Crippen molar-refractivity contribution in [3.63, 3.8) is 0 Å². The lowest BCUT2D eigenvalue weighted by Gasteiger charge is -2.21. The molecule has 1 unspecified atom stereocenters. The van der Waals surface area contributed by atoms with Gasteiger partial charge in [-0.3, -0.25) is 0 Å². The molecule has 0 saturated heterocycles. The predicted octanol–water partition coefficient (Wildman–Crippen LogP) is 4.71. The molecule has 1 atom stereocenters. The number of rotatable bonds is 2. The molecule has 0 bridgehead atoms. The second-order valence-corrected chi connectivity index (χ2v) is 7.06. The molecule has 0 N–H and O–H groups in total. The predicted molar refractivity (Wildman–Crippen MR) is 94.8 cm³/mol. The van der Waals surface area contributed by atoms with Gasteiger partial charge in [0.15, 0.2) is 0 Å². The highest BCUT2D eigenvalue weighted by atomic mass is 79.9. The number of benzene rings is 2. The third-order valence-electron chi connectivity index (χ3n) is 4.54. The maximum Gasteiger partial charge on any atom is 0.0253 e. The van der Waals surface area contributed by atoms with Crippen molar-refractivity contribution >= 4 is 27.6 Å². The molecule has 1 heteroatoms. The molecule has 3 rings (SSSR count). The van der Waals surface area contributed by atoms with Crippen molar-refractivity contribution in [1.29, 1.82) is 0 Å². The highest BCUT2D eigenvalue weighted by Crippen LogP contribution is 2.31. The van der Waals surface area contributed by atoms with Gasteiger partial charge in [-0.1, -0.05) is 77.8 Å². The lowest BCUT2D eigenvalue weighted by Crippen LogP contribution is -2.32. The monoisotopic (exact) mass is 340 g/mol. The zero-order valence-corrected chi connectivity index (χ0v) is 14.4. The highest BCUT2D eigenvalue weighted by Gasteiger charge is 2.17. The average molecular weight is 341 g/mol. The largest absolute Gasteiger partial charge is 0.0757 e. The van der Waals surface area contributed by atoms with Gasteiger partial charge in [0.25, 0.3) is 0 Å². The van der Waals surface area contributed by atoms with E-state index in [4.69, 9.17) is 0 Å². The minimum atomic E-state index is 0.498. The quantitative estimate of drug-likeness (QED) is 0.742. The average Bonchev–Trinajstić information content (AvgIpc) is 2.48. The Balaban J connectivity index is 2.07. The Bertz CT molecular complexity index is 766. The number of fused-ring (bicyclic) bond motifs is 1. The van der Waals surface area contributed by atoms with E-state index >= 15 is 0 Å². The SMILES string of the molecule is CC1=c2c(Br)cccc2=CCC1c1ccc(C(C)C)cc1. The van der Waals surface area contributed by atoms with Gasteiger partial charge in [-0.25, -0.2) is 0 Å². The molecule has 0 amide bonds. The molecule has 0 aliphatic heterocycles. The molecule has 0 saturated carbocycles. The first-order valence-electron chi connectivity index (χ1n) is 7.63. The first kappa shape index (κ1) is 14.6. The molecule has 21 heavy (non-hydrogen) atoms. The van der Waals surface area contributed by atoms with Crippen molar-refractivity contribution in [2.45, 2.75) is 39.0 Å². The van der Waals surface area contributed by atoms with Gasteiger partial charge in [-0.2, -0.15) is 0 Å². The van der Waals surface area contributed by atoms with Crippen molar-refractivity contribution in [2.75, 3.05) is 0 Å². The second-order valence-electron chi connectivity index (χ2n) is 6.20. The van der Waals surface area contributed by atoms with Crippen LogP contribution >= 0.6 is 15.9 Å². The van der Waals surface area contributed by atoms with Crippen LogP contribution in [0.5, 0.6) is 0 Å². The number of hydrogen-bond donors (Lipinski definition) is 0. The summed E-state index contributed by atoms with van der Waals surface area (Å²) in [6.07, 6.45) is 3.46. The molecule has 0 spiro atoms. The summed E-state index contributed by atoms with van der Waals surface area (Å²) in [6, 6.07) is 15.6. The number of hydrogen-bond acceptors (Lipinski definition) is 0. The summed E-state index contributed by atoms with van der Waals surface area (Å²) < 4.78 is 1.21. The first-order chi connectivity index (χ1) is 10.1. The fourth-order valence-corrected chi connectivity index (χ4v) is 3.92. The zero-order valence-electron chi connectivity index (χ0n) is 12.9. The maximum atomic E-state index is 3.71. The summed E-state index contributed by atoms with van der Waals surface area (Å²) in [5.41, 5.74) is 4.31. The zero-order chi connectivity index (χ0) is 15.0. The fraction of sp³-hybridized carbons (Fsp3) is 0.300. The van der Waals surface area contributed by atoms with E-state index in [1.807, 2.05) is 0 Å². The molecule has 0 nitrogen and oxygen atoms in total. The molecule has 1 aliphatic rings. The second kappa shape index (κ2) is 5.81. The van der Waals surface area contributed by atoms with Crippen LogP contribution in [0.1, 0.15) is 50.2 Å². The van der Waals surface area contributed by atoms with Crippen LogP contribution in [0.2, 0.25) is 0 Å². The summed E-state index contributed by atoms with van der Waals surface area (Å²) in [5, 5.41) is 2.73. The Morgan fingerprint density at radius 3 is 2.43 bits per heavy atom. The van der Waals surface area contributed by atoms with Gasteiger partial charge < -0.3 is 0 Å². The van der Waals surface area contributed by atoms with E-state index in [0.717, 1.165) is 6.42 Å². The highest BCUT2D eigenvalue weighted by molar-refractivity contribution is 9.10. The van der Waals surface area contributed by atoms with Crippen LogP contribution in [0.15, 0.2) is 46.9 Å². The summed E-state index contributed by atoms with van der Waals surface area (Å²) in [4.78, 5) is 0. The molecular formula is C20H21Br. The molecule has 1 aliphatic carbocycles. The van der Waals surface area contributed by atoms with Gasteiger partial charge in [-0.05, 0) is 46.9 Å². The molecule has 2 aromatic rings. The van der Waals surface area contributed by atoms with Crippen LogP contribution in [0.4, 0.5) is 0 Å². The van der Waals surface area contributed by atoms with Crippen LogP contribution in [0.3, 0.4) is 0 Å². The summed E-state index contributed by atoms with van der Waals surface area (Å²) in [7, 11) is 0. The smallest absolute Gasteiger partial charge is 0.0253 e. The van der Waals surface area contributed by atoms with Crippen molar-refractivity contribution < 1.29 is 0 Å². The minimum Gasteiger partial charge on any atom is -0.0757 e. The van der Waals surface area contributed by atoms with Gasteiger partial charge in [0.1, 0.15) is 0 Å². The van der Waals surface area contributed by atoms with Crippen molar-refractivity contribution in [3.05, 3.63) is 68.5 Å². The van der Waals surface area contributed by atoms with Gasteiger partial charge in [-0.15, -0.1) is 0 Å². The Morgan fingerprint density at radius 2 is 1.76 bits per heavy atom. The molecular weight excluding hydrogens is 320 g/mol. The van der Waals surface area contributed by atoms with Crippen LogP contribution in [0, 0.1) is 0 Å². The Morgan fingerprint density at radius 1 is 1.05 bits per heavy atom. The summed E-state index contributed by atoms with van der Waals surface area (Å²) in [6.45, 7) is 6.76. The fourth-order valence-electron chi connectivity index (χ4n) is 3.22. The Labute approximate surface area is 135 Å². The lowest BCUT2D eigenvalue weighted by molar-refractivity contribution is 0.852. The van der Waals surface area contributed by atoms with E-state index in [9.17, 15) is 0 Å². The van der Waals surface area contributed by atoms with Gasteiger partial charge in [0.2, 0.25) is 0 Å². The topological polar surface area (TPSA) is 0 Å². The van der Waals surface area contributed by atoms with Crippen LogP contribution in [0.25, 0.3) is 11.6 Å². The Hall–Kier alpha value is -1.34. The number of halogens is 1. The lowest BCUT2D eigenvalue weighted by atomic mass is 9.83. The van der Waals surface area contributed by atoms with Crippen molar-refractivity contribution in [3.8, 4) is 0 Å². The van der Waals surface area contributed by atoms with Gasteiger partial charge in [0.05, 0.1) is 0 Å². The molecule has 0 radical (unpaired) electrons. The normalized spacial score (nSPS) is 17.6. The Kier molecular flexibility index (Phi) is 4.03. The van der Waals surface area contributed by atoms with E-state index in [2.05, 4.69) is 85.2 Å². The van der Waals surface area contributed by atoms with E-state index in [1.165, 1.54) is 31.6 Å². The molecule has 108 valence electrons. The first-order valence-corrected chi connectivity index (χ1v) is 8.42. The van der Waals surface area contributed by atoms with Crippen LogP contribution in [-0.2, 0) is 0 Å². The minimum absolute atomic E-state index is 0.498. The van der Waals surface area contributed by atoms with E-state index in [-0.39, 0.29) is 0 Å². The van der Waals surface area contributed by atoms with Crippen molar-refractivity contribution in [1.82, 2.24) is 0 Å². The van der Waals surface area contributed by atoms with Crippen LogP contribution in [-0.4, -0.2) is 0 Å². The standard InChI is InChI=1S/C20H21Br/c1-13(2)15-7-9-16(10-8-15)18-12-11-17-5-4-6-19(21)20(17)14(18)3/h4-11,13,18H,12H2,1-3H3. The van der Waals surface area contributed by atoms with Gasteiger partial charge in [0, 0.05) is 10.4 Å². The molecule has 0 fully saturated rings. The molecule has 0 aromatic heterocycles.